The lowest BCUT2D eigenvalue weighted by Crippen LogP contribution is -2.52. The minimum absolute atomic E-state index is 0.134. The number of pyridine rings is 1. The molecule has 0 unspecified atom stereocenters. The first-order valence-electron chi connectivity index (χ1n) is 7.96. The summed E-state index contributed by atoms with van der Waals surface area (Å²) in [5.41, 5.74) is 0.953. The second-order valence-corrected chi connectivity index (χ2v) is 6.69. The van der Waals surface area contributed by atoms with E-state index >= 15 is 0 Å². The first-order valence-corrected chi connectivity index (χ1v) is 8.84. The van der Waals surface area contributed by atoms with Gasteiger partial charge < -0.3 is 20.1 Å². The Labute approximate surface area is 145 Å². The lowest BCUT2D eigenvalue weighted by atomic mass is 10.1. The molecule has 0 radical (unpaired) electrons. The van der Waals surface area contributed by atoms with Gasteiger partial charge in [0.25, 0.3) is 0 Å². The van der Waals surface area contributed by atoms with Crippen LogP contribution in [0, 0.1) is 0 Å². The molecule has 128 valence electrons. The zero-order valence-corrected chi connectivity index (χ0v) is 14.1. The molecule has 0 aromatic carbocycles. The van der Waals surface area contributed by atoms with E-state index in [1.54, 1.807) is 17.3 Å². The molecule has 0 saturated carbocycles. The molecule has 0 bridgehead atoms. The van der Waals surface area contributed by atoms with Crippen LogP contribution in [0.15, 0.2) is 42.0 Å². The van der Waals surface area contributed by atoms with E-state index in [2.05, 4.69) is 10.3 Å². The molecule has 1 fully saturated rings. The van der Waals surface area contributed by atoms with Crippen LogP contribution in [-0.2, 0) is 11.3 Å². The van der Waals surface area contributed by atoms with Crippen LogP contribution >= 0.6 is 11.3 Å². The van der Waals surface area contributed by atoms with Crippen molar-refractivity contribution in [2.45, 2.75) is 25.1 Å². The second kappa shape index (κ2) is 8.23. The number of thiophene rings is 1. The molecule has 2 aromatic heterocycles. The Balaban J connectivity index is 1.58. The highest BCUT2D eigenvalue weighted by Gasteiger charge is 2.29. The molecule has 3 rings (SSSR count). The summed E-state index contributed by atoms with van der Waals surface area (Å²) in [6.45, 7) is 1.93. The molecule has 24 heavy (non-hydrogen) atoms. The molecule has 0 aliphatic carbocycles. The van der Waals surface area contributed by atoms with Gasteiger partial charge in [0.2, 0.25) is 0 Å². The number of ether oxygens (including phenoxy) is 1. The van der Waals surface area contributed by atoms with E-state index < -0.39 is 6.10 Å². The number of amides is 2. The van der Waals surface area contributed by atoms with Gasteiger partial charge in [-0.15, -0.1) is 11.3 Å². The van der Waals surface area contributed by atoms with E-state index in [-0.39, 0.29) is 12.1 Å². The second-order valence-electron chi connectivity index (χ2n) is 5.71. The Morgan fingerprint density at radius 3 is 3.17 bits per heavy atom. The molecule has 2 atom stereocenters. The minimum Gasteiger partial charge on any atom is -0.387 e. The third kappa shape index (κ3) is 4.31. The minimum atomic E-state index is -0.578. The highest BCUT2D eigenvalue weighted by atomic mass is 32.1. The molecule has 1 aliphatic heterocycles. The van der Waals surface area contributed by atoms with E-state index in [1.807, 2.05) is 29.6 Å². The van der Waals surface area contributed by atoms with Crippen LogP contribution in [0.25, 0.3) is 0 Å². The molecular weight excluding hydrogens is 326 g/mol. The average Bonchev–Trinajstić information content (AvgIpc) is 3.16. The lowest BCUT2D eigenvalue weighted by Gasteiger charge is -2.36. The number of hydrogen-bond donors (Lipinski definition) is 2. The zero-order valence-electron chi connectivity index (χ0n) is 13.3. The van der Waals surface area contributed by atoms with Crippen LogP contribution in [0.2, 0.25) is 0 Å². The fourth-order valence-corrected chi connectivity index (χ4v) is 3.48. The maximum absolute atomic E-state index is 12.5. The molecule has 6 nitrogen and oxygen atoms in total. The summed E-state index contributed by atoms with van der Waals surface area (Å²) in [6, 6.07) is 7.32. The van der Waals surface area contributed by atoms with Gasteiger partial charge in [-0.05, 0) is 23.1 Å². The number of rotatable bonds is 5. The molecule has 2 amide bonds. The standard InChI is InChI=1S/C17H21N3O3S/c21-15(16-4-2-8-24-16)9-14-12-23-7-6-20(14)17(22)19-11-13-3-1-5-18-10-13/h1-5,8,10,14-15,21H,6-7,9,11-12H2,(H,19,22)/t14-,15+/m0/s1. The van der Waals surface area contributed by atoms with Gasteiger partial charge in [-0.25, -0.2) is 4.79 Å². The summed E-state index contributed by atoms with van der Waals surface area (Å²) >= 11 is 1.52. The number of aliphatic hydroxyl groups is 1. The Morgan fingerprint density at radius 2 is 2.42 bits per heavy atom. The summed E-state index contributed by atoms with van der Waals surface area (Å²) in [7, 11) is 0. The number of carbonyl (C=O) groups is 1. The molecule has 2 N–H and O–H groups in total. The van der Waals surface area contributed by atoms with Crippen molar-refractivity contribution in [3.8, 4) is 0 Å². The van der Waals surface area contributed by atoms with Gasteiger partial charge in [-0.3, -0.25) is 4.98 Å². The predicted octanol–water partition coefficient (Wildman–Crippen LogP) is 2.18. The molecule has 1 aliphatic rings. The van der Waals surface area contributed by atoms with E-state index in [0.717, 1.165) is 10.4 Å². The van der Waals surface area contributed by atoms with Crippen LogP contribution in [-0.4, -0.2) is 46.8 Å². The summed E-state index contributed by atoms with van der Waals surface area (Å²) in [5, 5.41) is 15.2. The van der Waals surface area contributed by atoms with Crippen molar-refractivity contribution < 1.29 is 14.6 Å². The predicted molar refractivity (Wildman–Crippen MR) is 91.7 cm³/mol. The number of nitrogens with one attached hydrogen (secondary N) is 1. The molecule has 0 spiro atoms. The number of morpholine rings is 1. The van der Waals surface area contributed by atoms with E-state index in [1.165, 1.54) is 11.3 Å². The van der Waals surface area contributed by atoms with Gasteiger partial charge in [0, 0.05) is 36.8 Å². The number of urea groups is 1. The van der Waals surface area contributed by atoms with E-state index in [0.29, 0.717) is 32.7 Å². The first kappa shape index (κ1) is 16.9. The van der Waals surface area contributed by atoms with Crippen molar-refractivity contribution in [3.63, 3.8) is 0 Å². The van der Waals surface area contributed by atoms with Crippen LogP contribution in [0.4, 0.5) is 4.79 Å². The lowest BCUT2D eigenvalue weighted by molar-refractivity contribution is -0.00654. The fraction of sp³-hybridized carbons (Fsp3) is 0.412. The molecular formula is C17H21N3O3S. The van der Waals surface area contributed by atoms with Crippen molar-refractivity contribution in [2.24, 2.45) is 0 Å². The number of aliphatic hydroxyl groups excluding tert-OH is 1. The van der Waals surface area contributed by atoms with Crippen molar-refractivity contribution in [2.75, 3.05) is 19.8 Å². The molecule has 1 saturated heterocycles. The van der Waals surface area contributed by atoms with Crippen molar-refractivity contribution in [3.05, 3.63) is 52.5 Å². The number of nitrogens with zero attached hydrogens (tertiary/aromatic N) is 2. The Morgan fingerprint density at radius 1 is 1.50 bits per heavy atom. The third-order valence-corrected chi connectivity index (χ3v) is 5.00. The normalized spacial score (nSPS) is 19.0. The molecule has 2 aromatic rings. The van der Waals surface area contributed by atoms with Crippen molar-refractivity contribution in [1.82, 2.24) is 15.2 Å². The van der Waals surface area contributed by atoms with Gasteiger partial charge in [-0.1, -0.05) is 12.1 Å². The maximum Gasteiger partial charge on any atom is 0.318 e. The smallest absolute Gasteiger partial charge is 0.318 e. The van der Waals surface area contributed by atoms with Crippen LogP contribution < -0.4 is 5.32 Å². The zero-order chi connectivity index (χ0) is 16.8. The Hall–Kier alpha value is -1.96. The summed E-state index contributed by atoms with van der Waals surface area (Å²) in [5.74, 6) is 0. The van der Waals surface area contributed by atoms with E-state index in [9.17, 15) is 9.90 Å². The SMILES string of the molecule is O=C(NCc1cccnc1)N1CCOC[C@@H]1C[C@@H](O)c1cccs1. The topological polar surface area (TPSA) is 74.7 Å². The van der Waals surface area contributed by atoms with Crippen molar-refractivity contribution >= 4 is 17.4 Å². The highest BCUT2D eigenvalue weighted by molar-refractivity contribution is 7.10. The summed E-state index contributed by atoms with van der Waals surface area (Å²) in [6.07, 6.45) is 3.33. The molecule has 3 heterocycles. The van der Waals surface area contributed by atoms with Gasteiger partial charge in [0.15, 0.2) is 0 Å². The quantitative estimate of drug-likeness (QED) is 0.869. The highest BCUT2D eigenvalue weighted by Crippen LogP contribution is 2.25. The van der Waals surface area contributed by atoms with Gasteiger partial charge in [0.05, 0.1) is 25.4 Å². The van der Waals surface area contributed by atoms with Crippen LogP contribution in [0.5, 0.6) is 0 Å². The number of aromatic nitrogens is 1. The van der Waals surface area contributed by atoms with Gasteiger partial charge in [-0.2, -0.15) is 0 Å². The molecule has 7 heteroatoms. The summed E-state index contributed by atoms with van der Waals surface area (Å²) in [4.78, 5) is 19.2. The first-order chi connectivity index (χ1) is 11.7. The average molecular weight is 347 g/mol. The largest absolute Gasteiger partial charge is 0.387 e. The number of hydrogen-bond acceptors (Lipinski definition) is 5. The van der Waals surface area contributed by atoms with E-state index in [4.69, 9.17) is 4.74 Å². The fourth-order valence-electron chi connectivity index (χ4n) is 2.75. The number of carbonyl (C=O) groups excluding carboxylic acids is 1. The van der Waals surface area contributed by atoms with Gasteiger partial charge in [0.1, 0.15) is 0 Å². The Bertz CT molecular complexity index is 636. The van der Waals surface area contributed by atoms with Gasteiger partial charge >= 0.3 is 6.03 Å². The monoisotopic (exact) mass is 347 g/mol. The third-order valence-electron chi connectivity index (χ3n) is 4.02. The van der Waals surface area contributed by atoms with Crippen molar-refractivity contribution in [1.29, 1.82) is 0 Å². The van der Waals surface area contributed by atoms with Crippen LogP contribution in [0.3, 0.4) is 0 Å². The summed E-state index contributed by atoms with van der Waals surface area (Å²) < 4.78 is 5.50. The van der Waals surface area contributed by atoms with Crippen LogP contribution in [0.1, 0.15) is 23.0 Å². The maximum atomic E-state index is 12.5. The Kier molecular flexibility index (Phi) is 5.79.